The number of rotatable bonds is 3. The fourth-order valence-electron chi connectivity index (χ4n) is 0.343. The van der Waals surface area contributed by atoms with Crippen LogP contribution in [0.3, 0.4) is 0 Å². The second kappa shape index (κ2) is 4.83. The molecule has 3 heteroatoms. The van der Waals surface area contributed by atoms with Gasteiger partial charge < -0.3 is 0 Å². The van der Waals surface area contributed by atoms with Crippen LogP contribution in [0.2, 0.25) is 0 Å². The van der Waals surface area contributed by atoms with E-state index in [0.29, 0.717) is 8.08 Å². The van der Waals surface area contributed by atoms with Gasteiger partial charge in [-0.1, -0.05) is 25.1 Å². The van der Waals surface area contributed by atoms with E-state index in [1.54, 1.807) is 0 Å². The third-order valence-electron chi connectivity index (χ3n) is 0.883. The standard InChI is InChI=1S/C4H11ClNP/c1-3-6(4-2)7-5/h7H,3-4H2,1-2H3. The number of hydrogen-bond donors (Lipinski definition) is 0. The molecule has 0 saturated heterocycles. The van der Waals surface area contributed by atoms with Gasteiger partial charge in [-0.2, -0.15) is 0 Å². The zero-order valence-electron chi connectivity index (χ0n) is 4.74. The Balaban J connectivity index is 2.99. The SMILES string of the molecule is CCN(CC)PCl. The molecule has 0 amide bonds. The highest BCUT2D eigenvalue weighted by Crippen LogP contribution is 2.20. The lowest BCUT2D eigenvalue weighted by Gasteiger charge is -2.11. The fourth-order valence-corrected chi connectivity index (χ4v) is 1.30. The summed E-state index contributed by atoms with van der Waals surface area (Å²) in [5.74, 6) is 0. The quantitative estimate of drug-likeness (QED) is 0.541. The van der Waals surface area contributed by atoms with Crippen molar-refractivity contribution < 1.29 is 0 Å². The predicted octanol–water partition coefficient (Wildman–Crippen LogP) is 2.08. The molecule has 0 aliphatic heterocycles. The van der Waals surface area contributed by atoms with Crippen LogP contribution < -0.4 is 0 Å². The van der Waals surface area contributed by atoms with Gasteiger partial charge in [0.05, 0.1) is 0 Å². The third kappa shape index (κ3) is 3.28. The second-order valence-corrected chi connectivity index (χ2v) is 2.57. The molecule has 0 aromatic carbocycles. The molecule has 1 unspecified atom stereocenters. The molecule has 0 fully saturated rings. The summed E-state index contributed by atoms with van der Waals surface area (Å²) in [6, 6.07) is 0. The van der Waals surface area contributed by atoms with E-state index in [2.05, 4.69) is 18.5 Å². The molecule has 0 bridgehead atoms. The number of nitrogens with zero attached hydrogens (tertiary/aromatic N) is 1. The fraction of sp³-hybridized carbons (Fsp3) is 1.00. The first-order valence-corrected chi connectivity index (χ1v) is 4.42. The molecule has 0 aromatic heterocycles. The van der Waals surface area contributed by atoms with Gasteiger partial charge in [0.15, 0.2) is 0 Å². The molecule has 0 rings (SSSR count). The monoisotopic (exact) mass is 139 g/mol. The Hall–Kier alpha value is 0.680. The van der Waals surface area contributed by atoms with Crippen LogP contribution in [0, 0.1) is 0 Å². The lowest BCUT2D eigenvalue weighted by Crippen LogP contribution is -2.09. The molecule has 7 heavy (non-hydrogen) atoms. The van der Waals surface area contributed by atoms with Crippen molar-refractivity contribution in [1.29, 1.82) is 0 Å². The van der Waals surface area contributed by atoms with E-state index < -0.39 is 0 Å². The minimum absolute atomic E-state index is 0.454. The first-order valence-electron chi connectivity index (χ1n) is 2.46. The van der Waals surface area contributed by atoms with E-state index in [4.69, 9.17) is 11.2 Å². The summed E-state index contributed by atoms with van der Waals surface area (Å²) in [5, 5.41) is 0. The average Bonchev–Trinajstić information content (AvgIpc) is 1.72. The van der Waals surface area contributed by atoms with Crippen LogP contribution in [0.5, 0.6) is 0 Å². The zero-order valence-corrected chi connectivity index (χ0v) is 6.50. The Morgan fingerprint density at radius 3 is 1.86 bits per heavy atom. The van der Waals surface area contributed by atoms with Crippen molar-refractivity contribution in [3.63, 3.8) is 0 Å². The minimum Gasteiger partial charge on any atom is -0.273 e. The molecule has 0 aliphatic rings. The van der Waals surface area contributed by atoms with Crippen molar-refractivity contribution >= 4 is 19.3 Å². The highest BCUT2D eigenvalue weighted by atomic mass is 35.7. The van der Waals surface area contributed by atoms with E-state index in [1.807, 2.05) is 0 Å². The van der Waals surface area contributed by atoms with Crippen LogP contribution in [-0.4, -0.2) is 17.8 Å². The van der Waals surface area contributed by atoms with Crippen LogP contribution in [-0.2, 0) is 0 Å². The maximum Gasteiger partial charge on any atom is 0.0478 e. The minimum atomic E-state index is 0.454. The second-order valence-electron chi connectivity index (χ2n) is 1.26. The van der Waals surface area contributed by atoms with Crippen LogP contribution in [0.15, 0.2) is 0 Å². The molecule has 0 aromatic rings. The summed E-state index contributed by atoms with van der Waals surface area (Å²) in [7, 11) is 0.454. The molecule has 44 valence electrons. The molecule has 0 spiro atoms. The van der Waals surface area contributed by atoms with E-state index >= 15 is 0 Å². The summed E-state index contributed by atoms with van der Waals surface area (Å²) in [6.45, 7) is 6.36. The zero-order chi connectivity index (χ0) is 5.70. The average molecular weight is 140 g/mol. The smallest absolute Gasteiger partial charge is 0.0478 e. The van der Waals surface area contributed by atoms with Gasteiger partial charge in [-0.3, -0.25) is 4.67 Å². The summed E-state index contributed by atoms with van der Waals surface area (Å²) >= 11 is 5.52. The first-order chi connectivity index (χ1) is 3.35. The van der Waals surface area contributed by atoms with Gasteiger partial charge in [0.25, 0.3) is 0 Å². The van der Waals surface area contributed by atoms with Gasteiger partial charge in [-0.15, -0.1) is 0 Å². The van der Waals surface area contributed by atoms with Crippen LogP contribution in [0.25, 0.3) is 0 Å². The lowest BCUT2D eigenvalue weighted by atomic mass is 10.7. The Morgan fingerprint density at radius 2 is 1.86 bits per heavy atom. The Bertz CT molecular complexity index is 33.2. The Kier molecular flexibility index (Phi) is 5.30. The van der Waals surface area contributed by atoms with Crippen molar-refractivity contribution in [2.24, 2.45) is 0 Å². The molecule has 0 saturated carbocycles. The van der Waals surface area contributed by atoms with Crippen molar-refractivity contribution in [2.45, 2.75) is 13.8 Å². The van der Waals surface area contributed by atoms with Crippen LogP contribution in [0.4, 0.5) is 0 Å². The highest BCUT2D eigenvalue weighted by molar-refractivity contribution is 7.66. The van der Waals surface area contributed by atoms with Crippen LogP contribution in [0.1, 0.15) is 13.8 Å². The van der Waals surface area contributed by atoms with E-state index in [1.165, 1.54) is 0 Å². The summed E-state index contributed by atoms with van der Waals surface area (Å²) in [4.78, 5) is 0. The summed E-state index contributed by atoms with van der Waals surface area (Å²) < 4.78 is 2.17. The van der Waals surface area contributed by atoms with Gasteiger partial charge in [-0.25, -0.2) is 0 Å². The van der Waals surface area contributed by atoms with Gasteiger partial charge in [0, 0.05) is 21.2 Å². The molecule has 0 N–H and O–H groups in total. The van der Waals surface area contributed by atoms with Gasteiger partial charge in [-0.05, 0) is 0 Å². The number of hydrogen-bond acceptors (Lipinski definition) is 1. The third-order valence-corrected chi connectivity index (χ3v) is 2.47. The predicted molar refractivity (Wildman–Crippen MR) is 37.1 cm³/mol. The maximum atomic E-state index is 5.52. The van der Waals surface area contributed by atoms with Gasteiger partial charge in [0.2, 0.25) is 0 Å². The normalized spacial score (nSPS) is 12.0. The van der Waals surface area contributed by atoms with Crippen molar-refractivity contribution in [2.75, 3.05) is 13.1 Å². The van der Waals surface area contributed by atoms with Gasteiger partial charge >= 0.3 is 0 Å². The molecular weight excluding hydrogens is 128 g/mol. The summed E-state index contributed by atoms with van der Waals surface area (Å²) in [5.41, 5.74) is 0. The highest BCUT2D eigenvalue weighted by Gasteiger charge is 1.91. The Morgan fingerprint density at radius 1 is 1.43 bits per heavy atom. The van der Waals surface area contributed by atoms with Crippen LogP contribution >= 0.6 is 19.3 Å². The molecular formula is C4H11ClNP. The van der Waals surface area contributed by atoms with E-state index in [0.717, 1.165) is 13.1 Å². The molecule has 0 aliphatic carbocycles. The summed E-state index contributed by atoms with van der Waals surface area (Å²) in [6.07, 6.45) is 0. The van der Waals surface area contributed by atoms with Gasteiger partial charge in [0.1, 0.15) is 0 Å². The molecule has 0 radical (unpaired) electrons. The Labute approximate surface area is 51.7 Å². The maximum absolute atomic E-state index is 5.52. The number of halogens is 1. The first kappa shape index (κ1) is 7.68. The van der Waals surface area contributed by atoms with Crippen molar-refractivity contribution in [1.82, 2.24) is 4.67 Å². The molecule has 0 heterocycles. The molecule has 1 atom stereocenters. The van der Waals surface area contributed by atoms with Crippen molar-refractivity contribution in [3.8, 4) is 0 Å². The van der Waals surface area contributed by atoms with Crippen molar-refractivity contribution in [3.05, 3.63) is 0 Å². The van der Waals surface area contributed by atoms with E-state index in [-0.39, 0.29) is 0 Å². The lowest BCUT2D eigenvalue weighted by molar-refractivity contribution is 0.521. The molecule has 1 nitrogen and oxygen atoms in total. The van der Waals surface area contributed by atoms with E-state index in [9.17, 15) is 0 Å². The topological polar surface area (TPSA) is 3.24 Å². The largest absolute Gasteiger partial charge is 0.273 e.